The van der Waals surface area contributed by atoms with Crippen molar-refractivity contribution in [1.29, 1.82) is 10.5 Å². The SMILES string of the molecule is [C-]#[N+]c1ccc(-c2ccc(-n3c4ccccc4c4cc(C#N)ccc43)cc2)c(C#N)c1-c1c2ccccc2c(-c2ccccc2)c2ccccc12. The van der Waals surface area contributed by atoms with Crippen molar-refractivity contribution in [2.75, 3.05) is 0 Å². The Bertz CT molecular complexity index is 2930. The van der Waals surface area contributed by atoms with Gasteiger partial charge >= 0.3 is 0 Å². The molecule has 9 aromatic rings. The highest BCUT2D eigenvalue weighted by Gasteiger charge is 2.23. The van der Waals surface area contributed by atoms with Crippen LogP contribution in [0.2, 0.25) is 0 Å². The van der Waals surface area contributed by atoms with E-state index < -0.39 is 0 Å². The maximum Gasteiger partial charge on any atom is 0.196 e. The molecule has 0 unspecified atom stereocenters. The summed E-state index contributed by atoms with van der Waals surface area (Å²) in [6, 6.07) is 57.8. The Labute approximate surface area is 294 Å². The van der Waals surface area contributed by atoms with E-state index in [2.05, 4.69) is 94.3 Å². The van der Waals surface area contributed by atoms with Crippen molar-refractivity contribution in [3.05, 3.63) is 180 Å². The number of hydrogen-bond donors (Lipinski definition) is 0. The molecule has 0 bridgehead atoms. The summed E-state index contributed by atoms with van der Waals surface area (Å²) in [4.78, 5) is 3.98. The minimum absolute atomic E-state index is 0.441. The summed E-state index contributed by atoms with van der Waals surface area (Å²) in [5.74, 6) is 0. The van der Waals surface area contributed by atoms with Crippen molar-refractivity contribution in [2.24, 2.45) is 0 Å². The lowest BCUT2D eigenvalue weighted by atomic mass is 9.83. The first-order chi connectivity index (χ1) is 25.2. The molecule has 0 radical (unpaired) electrons. The van der Waals surface area contributed by atoms with Gasteiger partial charge in [0.25, 0.3) is 0 Å². The highest BCUT2D eigenvalue weighted by atomic mass is 15.0. The molecule has 51 heavy (non-hydrogen) atoms. The lowest BCUT2D eigenvalue weighted by molar-refractivity contribution is 1.18. The van der Waals surface area contributed by atoms with Crippen LogP contribution >= 0.6 is 0 Å². The molecule has 234 valence electrons. The highest BCUT2D eigenvalue weighted by Crippen LogP contribution is 2.48. The predicted molar refractivity (Wildman–Crippen MR) is 208 cm³/mol. The molecular formula is C47H26N4. The molecule has 1 aromatic heterocycles. The van der Waals surface area contributed by atoms with E-state index in [9.17, 15) is 10.5 Å². The normalized spacial score (nSPS) is 11.1. The maximum atomic E-state index is 10.9. The third kappa shape index (κ3) is 4.58. The lowest BCUT2D eigenvalue weighted by Gasteiger charge is -2.20. The third-order valence-electron chi connectivity index (χ3n) is 9.90. The molecule has 1 heterocycles. The zero-order valence-electron chi connectivity index (χ0n) is 27.3. The minimum atomic E-state index is 0.441. The first kappa shape index (κ1) is 29.7. The van der Waals surface area contributed by atoms with Crippen LogP contribution in [0, 0.1) is 29.2 Å². The fourth-order valence-electron chi connectivity index (χ4n) is 7.72. The molecule has 0 fully saturated rings. The van der Waals surface area contributed by atoms with Crippen LogP contribution < -0.4 is 0 Å². The summed E-state index contributed by atoms with van der Waals surface area (Å²) in [6.45, 7) is 8.23. The van der Waals surface area contributed by atoms with Crippen molar-refractivity contribution in [3.63, 3.8) is 0 Å². The van der Waals surface area contributed by atoms with Crippen LogP contribution in [-0.4, -0.2) is 4.57 Å². The van der Waals surface area contributed by atoms with Crippen LogP contribution in [0.3, 0.4) is 0 Å². The number of fused-ring (bicyclic) bond motifs is 5. The Morgan fingerprint density at radius 2 is 1.06 bits per heavy atom. The summed E-state index contributed by atoms with van der Waals surface area (Å²) in [5, 5.41) is 26.7. The quantitative estimate of drug-likeness (QED) is 0.141. The second kappa shape index (κ2) is 11.9. The maximum absolute atomic E-state index is 10.9. The first-order valence-electron chi connectivity index (χ1n) is 16.7. The molecule has 8 aromatic carbocycles. The van der Waals surface area contributed by atoms with Gasteiger partial charge in [-0.05, 0) is 85.8 Å². The second-order valence-corrected chi connectivity index (χ2v) is 12.6. The number of hydrogen-bond acceptors (Lipinski definition) is 2. The van der Waals surface area contributed by atoms with Crippen LogP contribution in [0.5, 0.6) is 0 Å². The van der Waals surface area contributed by atoms with Crippen molar-refractivity contribution in [1.82, 2.24) is 4.57 Å². The Morgan fingerprint density at radius 1 is 0.471 bits per heavy atom. The van der Waals surface area contributed by atoms with E-state index in [1.165, 1.54) is 0 Å². The van der Waals surface area contributed by atoms with Crippen LogP contribution in [0.4, 0.5) is 5.69 Å². The zero-order valence-corrected chi connectivity index (χ0v) is 27.3. The van der Waals surface area contributed by atoms with Crippen molar-refractivity contribution >= 4 is 49.0 Å². The molecule has 0 spiro atoms. The Kier molecular flexibility index (Phi) is 6.93. The summed E-state index contributed by atoms with van der Waals surface area (Å²) in [6.07, 6.45) is 0. The lowest BCUT2D eigenvalue weighted by Crippen LogP contribution is -1.96. The van der Waals surface area contributed by atoms with E-state index in [0.29, 0.717) is 22.4 Å². The molecule has 0 saturated heterocycles. The van der Waals surface area contributed by atoms with Crippen LogP contribution in [0.15, 0.2) is 158 Å². The molecule has 0 N–H and O–H groups in total. The summed E-state index contributed by atoms with van der Waals surface area (Å²) < 4.78 is 2.21. The molecule has 4 heteroatoms. The van der Waals surface area contributed by atoms with Crippen molar-refractivity contribution in [3.8, 4) is 51.2 Å². The zero-order chi connectivity index (χ0) is 34.5. The van der Waals surface area contributed by atoms with Crippen molar-refractivity contribution in [2.45, 2.75) is 0 Å². The Morgan fingerprint density at radius 3 is 1.69 bits per heavy atom. The average Bonchev–Trinajstić information content (AvgIpc) is 3.53. The van der Waals surface area contributed by atoms with Crippen LogP contribution in [0.1, 0.15) is 11.1 Å². The highest BCUT2D eigenvalue weighted by molar-refractivity contribution is 6.23. The van der Waals surface area contributed by atoms with Gasteiger partial charge in [0.05, 0.1) is 40.9 Å². The number of nitriles is 2. The number of para-hydroxylation sites is 1. The van der Waals surface area contributed by atoms with Gasteiger partial charge in [0.15, 0.2) is 5.69 Å². The van der Waals surface area contributed by atoms with Gasteiger partial charge in [-0.15, -0.1) is 0 Å². The standard InChI is InChI=1S/C47H26N4/c1-50-42-25-24-34(31-20-22-33(23-21-31)51-43-18-10-9-13-35(43)40-27-30(28-48)19-26-44(40)51)41(29-49)47(42)46-38-16-7-5-14-36(38)45(32-11-3-2-4-12-32)37-15-6-8-17-39(37)46/h2-27H. The molecule has 9 rings (SSSR count). The van der Waals surface area contributed by atoms with Crippen LogP contribution in [-0.2, 0) is 0 Å². The predicted octanol–water partition coefficient (Wildman–Crippen LogP) is 12.4. The first-order valence-corrected chi connectivity index (χ1v) is 16.7. The average molecular weight is 647 g/mol. The summed E-state index contributed by atoms with van der Waals surface area (Å²) in [7, 11) is 0. The van der Waals surface area contributed by atoms with Gasteiger partial charge in [0.2, 0.25) is 0 Å². The molecule has 0 saturated carbocycles. The van der Waals surface area contributed by atoms with Gasteiger partial charge in [-0.25, -0.2) is 4.85 Å². The fourth-order valence-corrected chi connectivity index (χ4v) is 7.72. The molecule has 0 aliphatic heterocycles. The van der Waals surface area contributed by atoms with E-state index >= 15 is 0 Å². The molecule has 4 nitrogen and oxygen atoms in total. The molecule has 0 amide bonds. The minimum Gasteiger partial charge on any atom is -0.309 e. The Hall–Kier alpha value is -7.45. The second-order valence-electron chi connectivity index (χ2n) is 12.6. The smallest absolute Gasteiger partial charge is 0.196 e. The Balaban J connectivity index is 1.27. The van der Waals surface area contributed by atoms with E-state index in [1.54, 1.807) is 0 Å². The number of nitrogens with zero attached hydrogens (tertiary/aromatic N) is 4. The largest absolute Gasteiger partial charge is 0.309 e. The molecule has 0 aliphatic rings. The number of rotatable bonds is 4. The topological polar surface area (TPSA) is 56.9 Å². The van der Waals surface area contributed by atoms with Gasteiger partial charge in [-0.1, -0.05) is 121 Å². The van der Waals surface area contributed by atoms with Gasteiger partial charge in [0.1, 0.15) is 0 Å². The fraction of sp³-hybridized carbons (Fsp3) is 0. The van der Waals surface area contributed by atoms with Gasteiger partial charge in [0, 0.05) is 22.0 Å². The molecule has 0 atom stereocenters. The summed E-state index contributed by atoms with van der Waals surface area (Å²) >= 11 is 0. The van der Waals surface area contributed by atoms with E-state index in [0.717, 1.165) is 76.9 Å². The summed E-state index contributed by atoms with van der Waals surface area (Å²) in [5.41, 5.74) is 10.0. The number of benzene rings is 8. The van der Waals surface area contributed by atoms with E-state index in [1.807, 2.05) is 84.9 Å². The van der Waals surface area contributed by atoms with Crippen molar-refractivity contribution < 1.29 is 0 Å². The number of aromatic nitrogens is 1. The molecular weight excluding hydrogens is 621 g/mol. The monoisotopic (exact) mass is 646 g/mol. The third-order valence-corrected chi connectivity index (χ3v) is 9.90. The van der Waals surface area contributed by atoms with E-state index in [4.69, 9.17) is 6.57 Å². The molecule has 0 aliphatic carbocycles. The van der Waals surface area contributed by atoms with Gasteiger partial charge in [-0.3, -0.25) is 0 Å². The van der Waals surface area contributed by atoms with Crippen LogP contribution in [0.25, 0.3) is 87.3 Å². The van der Waals surface area contributed by atoms with Gasteiger partial charge < -0.3 is 4.57 Å². The van der Waals surface area contributed by atoms with Gasteiger partial charge in [-0.2, -0.15) is 10.5 Å². The van der Waals surface area contributed by atoms with E-state index in [-0.39, 0.29) is 0 Å².